The summed E-state index contributed by atoms with van der Waals surface area (Å²) in [4.78, 5) is 2.52. The van der Waals surface area contributed by atoms with Gasteiger partial charge in [0.15, 0.2) is 0 Å². The molecule has 0 aromatic heterocycles. The molecule has 0 radical (unpaired) electrons. The average Bonchev–Trinajstić information content (AvgIpc) is 2.79. The Labute approximate surface area is 148 Å². The van der Waals surface area contributed by atoms with E-state index >= 15 is 0 Å². The Morgan fingerprint density at radius 1 is 1.04 bits per heavy atom. The molecule has 1 atom stereocenters. The first-order valence-corrected chi connectivity index (χ1v) is 8.87. The van der Waals surface area contributed by atoms with Gasteiger partial charge in [-0.15, -0.1) is 0 Å². The zero-order chi connectivity index (χ0) is 16.2. The molecule has 0 spiro atoms. The molecule has 1 N–H and O–H groups in total. The Bertz CT molecular complexity index is 664. The molecular weight excluding hydrogens is 327 g/mol. The van der Waals surface area contributed by atoms with Crippen LogP contribution >= 0.6 is 23.2 Å². The van der Waals surface area contributed by atoms with Crippen LogP contribution in [0.3, 0.4) is 0 Å². The summed E-state index contributed by atoms with van der Waals surface area (Å²) in [5.74, 6) is 0. The van der Waals surface area contributed by atoms with Crippen molar-refractivity contribution < 1.29 is 0 Å². The van der Waals surface area contributed by atoms with E-state index in [2.05, 4.69) is 47.5 Å². The quantitative estimate of drug-likeness (QED) is 0.865. The number of nitrogens with one attached hydrogen (secondary N) is 1. The molecule has 4 heteroatoms. The van der Waals surface area contributed by atoms with Crippen LogP contribution in [0.25, 0.3) is 0 Å². The first kappa shape index (κ1) is 16.8. The Morgan fingerprint density at radius 3 is 2.70 bits per heavy atom. The average molecular weight is 349 g/mol. The van der Waals surface area contributed by atoms with Crippen molar-refractivity contribution in [3.05, 3.63) is 69.2 Å². The topological polar surface area (TPSA) is 15.3 Å². The second-order valence-corrected chi connectivity index (χ2v) is 6.97. The molecule has 3 rings (SSSR count). The van der Waals surface area contributed by atoms with Crippen LogP contribution in [0.15, 0.2) is 42.5 Å². The lowest BCUT2D eigenvalue weighted by molar-refractivity contribution is 0.241. The maximum Gasteiger partial charge on any atom is 0.0617 e. The van der Waals surface area contributed by atoms with Crippen molar-refractivity contribution in [3.63, 3.8) is 0 Å². The smallest absolute Gasteiger partial charge is 0.0617 e. The molecule has 1 aliphatic rings. The normalized spacial score (nSPS) is 17.7. The van der Waals surface area contributed by atoms with Crippen LogP contribution < -0.4 is 5.32 Å². The number of halogens is 2. The van der Waals surface area contributed by atoms with E-state index in [9.17, 15) is 0 Å². The Hall–Kier alpha value is -1.06. The van der Waals surface area contributed by atoms with Crippen molar-refractivity contribution in [2.45, 2.75) is 19.4 Å². The first-order chi connectivity index (χ1) is 11.1. The predicted octanol–water partition coefficient (Wildman–Crippen LogP) is 4.69. The van der Waals surface area contributed by atoms with Gasteiger partial charge in [0.05, 0.1) is 6.04 Å². The summed E-state index contributed by atoms with van der Waals surface area (Å²) in [6.07, 6.45) is 1.15. The first-order valence-electron chi connectivity index (χ1n) is 8.11. The van der Waals surface area contributed by atoms with E-state index in [0.717, 1.165) is 43.2 Å². The van der Waals surface area contributed by atoms with Crippen molar-refractivity contribution in [2.75, 3.05) is 26.2 Å². The zero-order valence-electron chi connectivity index (χ0n) is 13.4. The summed E-state index contributed by atoms with van der Waals surface area (Å²) in [6.45, 7) is 6.29. The summed E-state index contributed by atoms with van der Waals surface area (Å²) >= 11 is 12.6. The molecule has 1 heterocycles. The number of hydrogen-bond donors (Lipinski definition) is 1. The second kappa shape index (κ2) is 7.67. The molecule has 2 nitrogen and oxygen atoms in total. The fraction of sp³-hybridized carbons (Fsp3) is 0.368. The molecule has 1 saturated heterocycles. The minimum Gasteiger partial charge on any atom is -0.315 e. The Balaban J connectivity index is 2.05. The van der Waals surface area contributed by atoms with Crippen molar-refractivity contribution >= 4 is 23.2 Å². The van der Waals surface area contributed by atoms with E-state index < -0.39 is 0 Å². The summed E-state index contributed by atoms with van der Waals surface area (Å²) in [5, 5.41) is 4.89. The van der Waals surface area contributed by atoms with E-state index in [0.29, 0.717) is 5.02 Å². The summed E-state index contributed by atoms with van der Waals surface area (Å²) in [7, 11) is 0. The van der Waals surface area contributed by atoms with Crippen LogP contribution in [0.1, 0.15) is 29.2 Å². The highest BCUT2D eigenvalue weighted by molar-refractivity contribution is 6.35. The van der Waals surface area contributed by atoms with E-state index in [4.69, 9.17) is 23.2 Å². The minimum atomic E-state index is 0.166. The molecule has 2 aromatic carbocycles. The summed E-state index contributed by atoms with van der Waals surface area (Å²) in [5.41, 5.74) is 3.69. The lowest BCUT2D eigenvalue weighted by atomic mass is 9.95. The van der Waals surface area contributed by atoms with Crippen LogP contribution in [0.5, 0.6) is 0 Å². The fourth-order valence-electron chi connectivity index (χ4n) is 3.28. The molecule has 0 bridgehead atoms. The van der Waals surface area contributed by atoms with Gasteiger partial charge in [-0.1, -0.05) is 59.1 Å². The third-order valence-corrected chi connectivity index (χ3v) is 4.92. The number of hydrogen-bond acceptors (Lipinski definition) is 2. The van der Waals surface area contributed by atoms with Gasteiger partial charge >= 0.3 is 0 Å². The van der Waals surface area contributed by atoms with Crippen LogP contribution in [0.2, 0.25) is 10.0 Å². The predicted molar refractivity (Wildman–Crippen MR) is 98.5 cm³/mol. The van der Waals surface area contributed by atoms with Gasteiger partial charge in [-0.05, 0) is 43.1 Å². The van der Waals surface area contributed by atoms with Gasteiger partial charge < -0.3 is 5.32 Å². The lowest BCUT2D eigenvalue weighted by Gasteiger charge is -2.32. The molecule has 1 aliphatic heterocycles. The number of benzene rings is 2. The Morgan fingerprint density at radius 2 is 1.91 bits per heavy atom. The third-order valence-electron chi connectivity index (χ3n) is 4.35. The van der Waals surface area contributed by atoms with Gasteiger partial charge in [-0.25, -0.2) is 0 Å². The molecule has 0 aliphatic carbocycles. The maximum atomic E-state index is 6.55. The van der Waals surface area contributed by atoms with Crippen LogP contribution in [-0.4, -0.2) is 31.1 Å². The van der Waals surface area contributed by atoms with Crippen molar-refractivity contribution in [3.8, 4) is 0 Å². The van der Waals surface area contributed by atoms with E-state index in [-0.39, 0.29) is 6.04 Å². The highest BCUT2D eigenvalue weighted by Crippen LogP contribution is 2.35. The third kappa shape index (κ3) is 4.07. The second-order valence-electron chi connectivity index (χ2n) is 6.12. The molecule has 0 saturated carbocycles. The largest absolute Gasteiger partial charge is 0.315 e. The highest BCUT2D eigenvalue weighted by Gasteiger charge is 2.25. The van der Waals surface area contributed by atoms with Crippen LogP contribution in [0.4, 0.5) is 0 Å². The molecular formula is C19H22Cl2N2. The molecule has 23 heavy (non-hydrogen) atoms. The SMILES string of the molecule is Cc1cccc(C(c2ccc(Cl)cc2Cl)N2CCCNCC2)c1. The van der Waals surface area contributed by atoms with Crippen LogP contribution in [0, 0.1) is 6.92 Å². The molecule has 1 unspecified atom stereocenters. The number of nitrogens with zero attached hydrogens (tertiary/aromatic N) is 1. The van der Waals surface area contributed by atoms with Crippen molar-refractivity contribution in [2.24, 2.45) is 0 Å². The van der Waals surface area contributed by atoms with Gasteiger partial charge in [0, 0.05) is 29.7 Å². The van der Waals surface area contributed by atoms with E-state index in [1.165, 1.54) is 11.1 Å². The van der Waals surface area contributed by atoms with E-state index in [1.54, 1.807) is 0 Å². The standard InChI is InChI=1S/C19H22Cl2N2/c1-14-4-2-5-15(12-14)19(23-10-3-8-22-9-11-23)17-7-6-16(20)13-18(17)21/h2,4-7,12-13,19,22H,3,8-11H2,1H3. The minimum absolute atomic E-state index is 0.166. The van der Waals surface area contributed by atoms with Crippen molar-refractivity contribution in [1.29, 1.82) is 0 Å². The molecule has 1 fully saturated rings. The Kier molecular flexibility index (Phi) is 5.60. The van der Waals surface area contributed by atoms with E-state index in [1.807, 2.05) is 12.1 Å². The maximum absolute atomic E-state index is 6.55. The van der Waals surface area contributed by atoms with Crippen molar-refractivity contribution in [1.82, 2.24) is 10.2 Å². The monoisotopic (exact) mass is 348 g/mol. The van der Waals surface area contributed by atoms with Gasteiger partial charge in [0.25, 0.3) is 0 Å². The zero-order valence-corrected chi connectivity index (χ0v) is 14.9. The fourth-order valence-corrected chi connectivity index (χ4v) is 3.79. The van der Waals surface area contributed by atoms with Crippen LogP contribution in [-0.2, 0) is 0 Å². The molecule has 122 valence electrons. The lowest BCUT2D eigenvalue weighted by Crippen LogP contribution is -2.33. The molecule has 0 amide bonds. The highest BCUT2D eigenvalue weighted by atomic mass is 35.5. The number of aryl methyl sites for hydroxylation is 1. The van der Waals surface area contributed by atoms with Gasteiger partial charge in [0.1, 0.15) is 0 Å². The summed E-state index contributed by atoms with van der Waals surface area (Å²) < 4.78 is 0. The number of rotatable bonds is 3. The van der Waals surface area contributed by atoms with Gasteiger partial charge in [0.2, 0.25) is 0 Å². The van der Waals surface area contributed by atoms with Gasteiger partial charge in [-0.2, -0.15) is 0 Å². The summed E-state index contributed by atoms with van der Waals surface area (Å²) in [6, 6.07) is 14.7. The van der Waals surface area contributed by atoms with Gasteiger partial charge in [-0.3, -0.25) is 4.90 Å². The molecule has 2 aromatic rings.